The van der Waals surface area contributed by atoms with Gasteiger partial charge in [-0.05, 0) is 24.3 Å². The Bertz CT molecular complexity index is 1190. The average molecular weight is 378 g/mol. The molecule has 2 heterocycles. The summed E-state index contributed by atoms with van der Waals surface area (Å²) in [5.74, 6) is 0.282. The third kappa shape index (κ3) is 2.68. The van der Waals surface area contributed by atoms with Crippen molar-refractivity contribution in [3.63, 3.8) is 0 Å². The van der Waals surface area contributed by atoms with Crippen molar-refractivity contribution in [1.29, 1.82) is 0 Å². The minimum absolute atomic E-state index is 0.0407. The fourth-order valence-electron chi connectivity index (χ4n) is 3.38. The van der Waals surface area contributed by atoms with Gasteiger partial charge in [0.2, 0.25) is 5.75 Å². The number of nitrogens with one attached hydrogen (secondary N) is 1. The molecular weight excluding hydrogens is 360 g/mol. The van der Waals surface area contributed by atoms with Gasteiger partial charge < -0.3 is 24.3 Å². The minimum atomic E-state index is -1.10. The van der Waals surface area contributed by atoms with E-state index >= 15 is 0 Å². The molecule has 0 fully saturated rings. The van der Waals surface area contributed by atoms with E-state index < -0.39 is 5.97 Å². The predicted octanol–water partition coefficient (Wildman–Crippen LogP) is 4.11. The lowest BCUT2D eigenvalue weighted by molar-refractivity contribution is 0.0691. The Morgan fingerprint density at radius 3 is 2.25 bits per heavy atom. The number of aromatic nitrogens is 2. The second kappa shape index (κ2) is 6.77. The summed E-state index contributed by atoms with van der Waals surface area (Å²) >= 11 is 0. The lowest BCUT2D eigenvalue weighted by atomic mass is 10.1. The van der Waals surface area contributed by atoms with Crippen LogP contribution in [0.3, 0.4) is 0 Å². The molecule has 2 aromatic carbocycles. The Balaban J connectivity index is 2.09. The number of ether oxygens (including phenoxy) is 3. The van der Waals surface area contributed by atoms with Gasteiger partial charge in [0.15, 0.2) is 11.5 Å². The lowest BCUT2D eigenvalue weighted by Gasteiger charge is -2.14. The van der Waals surface area contributed by atoms with Crippen LogP contribution < -0.4 is 14.2 Å². The number of para-hydroxylation sites is 1. The lowest BCUT2D eigenvalue weighted by Crippen LogP contribution is -2.02. The maximum atomic E-state index is 11.7. The molecule has 0 bridgehead atoms. The molecule has 0 aliphatic heterocycles. The Morgan fingerprint density at radius 1 is 0.964 bits per heavy atom. The summed E-state index contributed by atoms with van der Waals surface area (Å²) in [7, 11) is 4.58. The van der Waals surface area contributed by atoms with Crippen molar-refractivity contribution < 1.29 is 24.1 Å². The predicted molar refractivity (Wildman–Crippen MR) is 106 cm³/mol. The third-order valence-corrected chi connectivity index (χ3v) is 4.65. The molecule has 0 amide bonds. The van der Waals surface area contributed by atoms with E-state index in [1.807, 2.05) is 24.3 Å². The summed E-state index contributed by atoms with van der Waals surface area (Å²) in [6, 6.07) is 12.8. The Hall–Kier alpha value is -3.74. The second-order valence-corrected chi connectivity index (χ2v) is 6.17. The van der Waals surface area contributed by atoms with Crippen LogP contribution in [0.15, 0.2) is 42.5 Å². The number of aromatic amines is 1. The molecule has 0 unspecified atom stereocenters. The van der Waals surface area contributed by atoms with Crippen LogP contribution in [-0.2, 0) is 0 Å². The molecule has 0 radical (unpaired) electrons. The number of pyridine rings is 1. The first-order valence-electron chi connectivity index (χ1n) is 8.52. The number of fused-ring (bicyclic) bond motifs is 3. The van der Waals surface area contributed by atoms with Crippen LogP contribution in [0.4, 0.5) is 0 Å². The van der Waals surface area contributed by atoms with Crippen LogP contribution in [0.25, 0.3) is 33.1 Å². The van der Waals surface area contributed by atoms with Crippen LogP contribution in [0.1, 0.15) is 10.5 Å². The van der Waals surface area contributed by atoms with Crippen molar-refractivity contribution in [2.45, 2.75) is 0 Å². The van der Waals surface area contributed by atoms with Gasteiger partial charge in [0, 0.05) is 21.9 Å². The first-order valence-corrected chi connectivity index (χ1v) is 8.52. The molecule has 7 nitrogen and oxygen atoms in total. The topological polar surface area (TPSA) is 93.7 Å². The average Bonchev–Trinajstić information content (AvgIpc) is 3.10. The molecule has 4 rings (SSSR count). The third-order valence-electron chi connectivity index (χ3n) is 4.65. The first-order chi connectivity index (χ1) is 13.6. The summed E-state index contributed by atoms with van der Waals surface area (Å²) in [4.78, 5) is 19.4. The Morgan fingerprint density at radius 2 is 1.64 bits per heavy atom. The van der Waals surface area contributed by atoms with Gasteiger partial charge in [-0.2, -0.15) is 0 Å². The van der Waals surface area contributed by atoms with E-state index in [1.54, 1.807) is 18.2 Å². The van der Waals surface area contributed by atoms with Crippen LogP contribution in [-0.4, -0.2) is 42.4 Å². The Labute approximate surface area is 160 Å². The molecule has 28 heavy (non-hydrogen) atoms. The van der Waals surface area contributed by atoms with E-state index in [1.165, 1.54) is 21.3 Å². The number of methoxy groups -OCH3 is 3. The van der Waals surface area contributed by atoms with Gasteiger partial charge in [-0.25, -0.2) is 9.78 Å². The van der Waals surface area contributed by atoms with E-state index in [0.717, 1.165) is 21.8 Å². The minimum Gasteiger partial charge on any atom is -0.493 e. The summed E-state index contributed by atoms with van der Waals surface area (Å²) in [6.45, 7) is 0. The fraction of sp³-hybridized carbons (Fsp3) is 0.143. The van der Waals surface area contributed by atoms with Crippen molar-refractivity contribution in [3.8, 4) is 28.5 Å². The smallest absolute Gasteiger partial charge is 0.354 e. The normalized spacial score (nSPS) is 11.0. The molecular formula is C21H18N2O5. The van der Waals surface area contributed by atoms with Crippen LogP contribution >= 0.6 is 0 Å². The first kappa shape index (κ1) is 17.7. The van der Waals surface area contributed by atoms with Crippen LogP contribution in [0, 0.1) is 0 Å². The standard InChI is InChI=1S/C21H18N2O5/c1-26-16-8-11(9-17(27-2)20(16)28-3)18-19-13(10-15(23-18)21(24)25)12-6-4-5-7-14(12)22-19/h4-10,22H,1-3H3,(H,24,25). The highest BCUT2D eigenvalue weighted by Crippen LogP contribution is 2.42. The molecule has 0 atom stereocenters. The van der Waals surface area contributed by atoms with Gasteiger partial charge >= 0.3 is 5.97 Å². The van der Waals surface area contributed by atoms with Gasteiger partial charge in [0.25, 0.3) is 0 Å². The summed E-state index contributed by atoms with van der Waals surface area (Å²) in [5.41, 5.74) is 2.73. The molecule has 2 N–H and O–H groups in total. The fourth-order valence-corrected chi connectivity index (χ4v) is 3.38. The zero-order chi connectivity index (χ0) is 19.8. The number of hydrogen-bond acceptors (Lipinski definition) is 5. The van der Waals surface area contributed by atoms with Crippen molar-refractivity contribution in [3.05, 3.63) is 48.2 Å². The largest absolute Gasteiger partial charge is 0.493 e. The molecule has 142 valence electrons. The number of nitrogens with zero attached hydrogens (tertiary/aromatic N) is 1. The van der Waals surface area contributed by atoms with E-state index in [4.69, 9.17) is 14.2 Å². The van der Waals surface area contributed by atoms with Crippen molar-refractivity contribution in [2.24, 2.45) is 0 Å². The quantitative estimate of drug-likeness (QED) is 0.543. The van der Waals surface area contributed by atoms with E-state index in [9.17, 15) is 9.90 Å². The zero-order valence-electron chi connectivity index (χ0n) is 15.6. The van der Waals surface area contributed by atoms with Crippen LogP contribution in [0.2, 0.25) is 0 Å². The van der Waals surface area contributed by atoms with Gasteiger partial charge in [-0.15, -0.1) is 0 Å². The highest BCUT2D eigenvalue weighted by Gasteiger charge is 2.20. The number of aromatic carboxylic acids is 1. The molecule has 0 aliphatic carbocycles. The van der Waals surface area contributed by atoms with Gasteiger partial charge in [-0.3, -0.25) is 0 Å². The number of carboxylic acid groups (broad SMARTS) is 1. The number of carbonyl (C=O) groups is 1. The van der Waals surface area contributed by atoms with Gasteiger partial charge in [0.05, 0.1) is 32.5 Å². The SMILES string of the molecule is COc1cc(-c2nc(C(=O)O)cc3c2[nH]c2ccccc23)cc(OC)c1OC. The maximum absolute atomic E-state index is 11.7. The molecule has 0 spiro atoms. The van der Waals surface area contributed by atoms with Crippen molar-refractivity contribution in [1.82, 2.24) is 9.97 Å². The summed E-state index contributed by atoms with van der Waals surface area (Å²) in [5, 5.41) is 11.3. The molecule has 7 heteroatoms. The van der Waals surface area contributed by atoms with Crippen LogP contribution in [0.5, 0.6) is 17.2 Å². The van der Waals surface area contributed by atoms with Crippen molar-refractivity contribution >= 4 is 27.8 Å². The van der Waals surface area contributed by atoms with Gasteiger partial charge in [0.1, 0.15) is 5.69 Å². The van der Waals surface area contributed by atoms with E-state index in [-0.39, 0.29) is 5.69 Å². The highest BCUT2D eigenvalue weighted by molar-refractivity contribution is 6.12. The number of carboxylic acids is 1. The number of hydrogen-bond donors (Lipinski definition) is 2. The molecule has 0 saturated heterocycles. The molecule has 4 aromatic rings. The second-order valence-electron chi connectivity index (χ2n) is 6.17. The van der Waals surface area contributed by atoms with Crippen molar-refractivity contribution in [2.75, 3.05) is 21.3 Å². The Kier molecular flexibility index (Phi) is 4.27. The zero-order valence-corrected chi connectivity index (χ0v) is 15.6. The van der Waals surface area contributed by atoms with Gasteiger partial charge in [-0.1, -0.05) is 18.2 Å². The number of rotatable bonds is 5. The molecule has 2 aromatic heterocycles. The number of H-pyrrole nitrogens is 1. The highest BCUT2D eigenvalue weighted by atomic mass is 16.5. The number of benzene rings is 2. The summed E-state index contributed by atoms with van der Waals surface area (Å²) < 4.78 is 16.2. The van der Waals surface area contributed by atoms with E-state index in [2.05, 4.69) is 9.97 Å². The molecule has 0 aliphatic rings. The molecule has 0 saturated carbocycles. The summed E-state index contributed by atoms with van der Waals surface area (Å²) in [6.07, 6.45) is 0. The maximum Gasteiger partial charge on any atom is 0.354 e. The monoisotopic (exact) mass is 378 g/mol. The van der Waals surface area contributed by atoms with E-state index in [0.29, 0.717) is 28.5 Å².